The number of benzene rings is 1. The number of nitrogens with two attached hydrogens (primary N) is 1. The van der Waals surface area contributed by atoms with Gasteiger partial charge in [-0.2, -0.15) is 0 Å². The molecule has 0 radical (unpaired) electrons. The van der Waals surface area contributed by atoms with Crippen molar-refractivity contribution < 1.29 is 4.74 Å². The van der Waals surface area contributed by atoms with Gasteiger partial charge in [0, 0.05) is 18.1 Å². The van der Waals surface area contributed by atoms with Crippen LogP contribution in [-0.4, -0.2) is 31.1 Å². The van der Waals surface area contributed by atoms with Gasteiger partial charge >= 0.3 is 0 Å². The van der Waals surface area contributed by atoms with Crippen LogP contribution in [-0.2, 0) is 6.42 Å². The van der Waals surface area contributed by atoms with E-state index in [9.17, 15) is 0 Å². The van der Waals surface area contributed by atoms with Gasteiger partial charge < -0.3 is 10.5 Å². The third kappa shape index (κ3) is 3.09. The van der Waals surface area contributed by atoms with Crippen LogP contribution >= 0.6 is 0 Å². The summed E-state index contributed by atoms with van der Waals surface area (Å²) >= 11 is 0. The highest BCUT2D eigenvalue weighted by Crippen LogP contribution is 2.38. The lowest BCUT2D eigenvalue weighted by molar-refractivity contribution is 0.120. The van der Waals surface area contributed by atoms with Crippen LogP contribution in [0.5, 0.6) is 5.75 Å². The van der Waals surface area contributed by atoms with Crippen LogP contribution in [0, 0.1) is 0 Å². The monoisotopic (exact) mass is 288 g/mol. The van der Waals surface area contributed by atoms with Gasteiger partial charge in [-0.15, -0.1) is 0 Å². The molecule has 2 aliphatic carbocycles. The Kier molecular flexibility index (Phi) is 4.51. The third-order valence-corrected chi connectivity index (χ3v) is 5.44. The van der Waals surface area contributed by atoms with Gasteiger partial charge in [-0.3, -0.25) is 4.90 Å². The first-order valence-electron chi connectivity index (χ1n) is 8.33. The largest absolute Gasteiger partial charge is 0.497 e. The van der Waals surface area contributed by atoms with E-state index < -0.39 is 0 Å². The molecule has 0 heterocycles. The van der Waals surface area contributed by atoms with Gasteiger partial charge in [0.05, 0.1) is 7.11 Å². The maximum absolute atomic E-state index is 6.05. The first-order chi connectivity index (χ1) is 10.2. The molecular formula is C18H28N2O. The van der Waals surface area contributed by atoms with Crippen LogP contribution in [0.3, 0.4) is 0 Å². The van der Waals surface area contributed by atoms with E-state index in [0.717, 1.165) is 5.75 Å². The Morgan fingerprint density at radius 3 is 2.62 bits per heavy atom. The van der Waals surface area contributed by atoms with Crippen LogP contribution < -0.4 is 10.5 Å². The van der Waals surface area contributed by atoms with Crippen molar-refractivity contribution in [3.8, 4) is 5.75 Å². The van der Waals surface area contributed by atoms with Crippen molar-refractivity contribution in [3.05, 3.63) is 29.3 Å². The van der Waals surface area contributed by atoms with Gasteiger partial charge in [0.1, 0.15) is 5.75 Å². The third-order valence-electron chi connectivity index (χ3n) is 5.44. The molecule has 1 atom stereocenters. The summed E-state index contributed by atoms with van der Waals surface area (Å²) in [5, 5.41) is 0. The van der Waals surface area contributed by atoms with Crippen molar-refractivity contribution in [3.63, 3.8) is 0 Å². The molecule has 0 bridgehead atoms. The predicted molar refractivity (Wildman–Crippen MR) is 86.7 cm³/mol. The smallest absolute Gasteiger partial charge is 0.119 e. The molecule has 1 fully saturated rings. The van der Waals surface area contributed by atoms with E-state index in [0.29, 0.717) is 18.1 Å². The van der Waals surface area contributed by atoms with Gasteiger partial charge in [0.2, 0.25) is 0 Å². The van der Waals surface area contributed by atoms with E-state index >= 15 is 0 Å². The zero-order valence-electron chi connectivity index (χ0n) is 13.3. The second kappa shape index (κ2) is 6.37. The SMILES string of the molecule is COc1ccc2c(c1)C(N(C)C1CCC(N)CC1)CCC2. The number of hydrogen-bond acceptors (Lipinski definition) is 3. The second-order valence-corrected chi connectivity index (χ2v) is 6.71. The summed E-state index contributed by atoms with van der Waals surface area (Å²) in [7, 11) is 4.06. The predicted octanol–water partition coefficient (Wildman–Crippen LogP) is 3.27. The van der Waals surface area contributed by atoms with Crippen molar-refractivity contribution in [1.29, 1.82) is 0 Å². The minimum Gasteiger partial charge on any atom is -0.497 e. The molecule has 2 N–H and O–H groups in total. The molecule has 2 aliphatic rings. The number of hydrogen-bond donors (Lipinski definition) is 1. The lowest BCUT2D eigenvalue weighted by Crippen LogP contribution is -2.41. The van der Waals surface area contributed by atoms with Crippen LogP contribution in [0.25, 0.3) is 0 Å². The summed E-state index contributed by atoms with van der Waals surface area (Å²) in [5.74, 6) is 0.986. The van der Waals surface area contributed by atoms with Crippen LogP contribution in [0.2, 0.25) is 0 Å². The minimum atomic E-state index is 0.424. The van der Waals surface area contributed by atoms with E-state index in [1.807, 2.05) is 0 Å². The van der Waals surface area contributed by atoms with Crippen molar-refractivity contribution in [2.75, 3.05) is 14.2 Å². The Bertz CT molecular complexity index is 480. The fraction of sp³-hybridized carbons (Fsp3) is 0.667. The number of fused-ring (bicyclic) bond motifs is 1. The molecule has 0 aromatic heterocycles. The Balaban J connectivity index is 1.80. The van der Waals surface area contributed by atoms with Gasteiger partial charge in [-0.1, -0.05) is 6.07 Å². The topological polar surface area (TPSA) is 38.5 Å². The van der Waals surface area contributed by atoms with Crippen LogP contribution in [0.1, 0.15) is 55.7 Å². The Morgan fingerprint density at radius 2 is 1.90 bits per heavy atom. The second-order valence-electron chi connectivity index (χ2n) is 6.71. The standard InChI is InChI=1S/C18H28N2O/c1-20(15-9-7-14(19)8-10-15)18-5-3-4-13-6-11-16(21-2)12-17(13)18/h6,11-12,14-15,18H,3-5,7-10,19H2,1-2H3. The summed E-state index contributed by atoms with van der Waals surface area (Å²) in [5.41, 5.74) is 9.05. The zero-order chi connectivity index (χ0) is 14.8. The fourth-order valence-corrected chi connectivity index (χ4v) is 4.07. The maximum Gasteiger partial charge on any atom is 0.119 e. The highest BCUT2D eigenvalue weighted by Gasteiger charge is 2.30. The molecule has 116 valence electrons. The summed E-state index contributed by atoms with van der Waals surface area (Å²) < 4.78 is 5.43. The summed E-state index contributed by atoms with van der Waals surface area (Å²) in [6.45, 7) is 0. The molecule has 1 saturated carbocycles. The van der Waals surface area contributed by atoms with Gasteiger partial charge in [-0.05, 0) is 75.3 Å². The first-order valence-corrected chi connectivity index (χ1v) is 8.33. The molecule has 3 rings (SSSR count). The number of nitrogens with zero attached hydrogens (tertiary/aromatic N) is 1. The lowest BCUT2D eigenvalue weighted by atomic mass is 9.84. The van der Waals surface area contributed by atoms with Crippen LogP contribution in [0.15, 0.2) is 18.2 Å². The number of rotatable bonds is 3. The van der Waals surface area contributed by atoms with Crippen molar-refractivity contribution >= 4 is 0 Å². The normalized spacial score (nSPS) is 29.2. The van der Waals surface area contributed by atoms with Gasteiger partial charge in [0.25, 0.3) is 0 Å². The molecule has 0 saturated heterocycles. The molecule has 1 unspecified atom stereocenters. The van der Waals surface area contributed by atoms with Gasteiger partial charge in [0.15, 0.2) is 0 Å². The molecule has 1 aromatic rings. The molecule has 3 nitrogen and oxygen atoms in total. The van der Waals surface area contributed by atoms with E-state index in [1.165, 1.54) is 56.1 Å². The number of ether oxygens (including phenoxy) is 1. The Morgan fingerprint density at radius 1 is 1.14 bits per heavy atom. The minimum absolute atomic E-state index is 0.424. The fourth-order valence-electron chi connectivity index (χ4n) is 4.07. The van der Waals surface area contributed by atoms with Crippen molar-refractivity contribution in [1.82, 2.24) is 4.90 Å². The molecule has 21 heavy (non-hydrogen) atoms. The molecular weight excluding hydrogens is 260 g/mol. The Labute approximate surface area is 128 Å². The highest BCUT2D eigenvalue weighted by atomic mass is 16.5. The summed E-state index contributed by atoms with van der Waals surface area (Å²) in [6, 6.07) is 8.26. The first kappa shape index (κ1) is 14.9. The molecule has 0 aliphatic heterocycles. The number of methoxy groups -OCH3 is 1. The summed E-state index contributed by atoms with van der Waals surface area (Å²) in [4.78, 5) is 2.61. The quantitative estimate of drug-likeness (QED) is 0.927. The summed E-state index contributed by atoms with van der Waals surface area (Å²) in [6.07, 6.45) is 8.60. The van der Waals surface area contributed by atoms with Crippen molar-refractivity contribution in [2.24, 2.45) is 5.73 Å². The average Bonchev–Trinajstić information content (AvgIpc) is 2.54. The molecule has 1 aromatic carbocycles. The van der Waals surface area contributed by atoms with Gasteiger partial charge in [-0.25, -0.2) is 0 Å². The zero-order valence-corrected chi connectivity index (χ0v) is 13.3. The van der Waals surface area contributed by atoms with Crippen molar-refractivity contribution in [2.45, 2.75) is 63.1 Å². The Hall–Kier alpha value is -1.06. The van der Waals surface area contributed by atoms with Crippen LogP contribution in [0.4, 0.5) is 0 Å². The average molecular weight is 288 g/mol. The molecule has 3 heteroatoms. The number of aryl methyl sites for hydroxylation is 1. The van der Waals surface area contributed by atoms with E-state index in [-0.39, 0.29) is 0 Å². The van der Waals surface area contributed by atoms with E-state index in [2.05, 4.69) is 30.1 Å². The lowest BCUT2D eigenvalue weighted by Gasteiger charge is -2.41. The maximum atomic E-state index is 6.05. The van der Waals surface area contributed by atoms with E-state index in [1.54, 1.807) is 7.11 Å². The van der Waals surface area contributed by atoms with E-state index in [4.69, 9.17) is 10.5 Å². The molecule has 0 amide bonds. The highest BCUT2D eigenvalue weighted by molar-refractivity contribution is 5.39. The molecule has 0 spiro atoms.